The largest absolute Gasteiger partial charge is 0.489 e. The van der Waals surface area contributed by atoms with Gasteiger partial charge >= 0.3 is 0 Å². The summed E-state index contributed by atoms with van der Waals surface area (Å²) in [5.74, 6) is 0.722. The Morgan fingerprint density at radius 3 is 2.35 bits per heavy atom. The van der Waals surface area contributed by atoms with Crippen LogP contribution < -0.4 is 4.74 Å². The molecule has 1 aliphatic heterocycles. The van der Waals surface area contributed by atoms with Crippen molar-refractivity contribution in [1.82, 2.24) is 9.80 Å². The minimum Gasteiger partial charge on any atom is -0.489 e. The van der Waals surface area contributed by atoms with Gasteiger partial charge in [0.25, 0.3) is 5.91 Å². The van der Waals surface area contributed by atoms with Gasteiger partial charge in [-0.25, -0.2) is 0 Å². The molecule has 5 nitrogen and oxygen atoms in total. The molecule has 0 atom stereocenters. The molecule has 178 valence electrons. The molecule has 3 aromatic carbocycles. The van der Waals surface area contributed by atoms with Crippen LogP contribution >= 0.6 is 23.2 Å². The quantitative estimate of drug-likeness (QED) is 0.388. The summed E-state index contributed by atoms with van der Waals surface area (Å²) in [6.45, 7) is 5.60. The van der Waals surface area contributed by atoms with E-state index in [0.29, 0.717) is 35.3 Å². The van der Waals surface area contributed by atoms with Crippen molar-refractivity contribution < 1.29 is 14.3 Å². The van der Waals surface area contributed by atoms with Gasteiger partial charge in [0, 0.05) is 38.3 Å². The van der Waals surface area contributed by atoms with Crippen LogP contribution in [0.1, 0.15) is 21.5 Å². The number of hydrogen-bond acceptors (Lipinski definition) is 4. The van der Waals surface area contributed by atoms with Gasteiger partial charge in [-0.05, 0) is 41.5 Å². The van der Waals surface area contributed by atoms with Crippen LogP contribution in [0.15, 0.2) is 72.8 Å². The van der Waals surface area contributed by atoms with Crippen LogP contribution in [-0.2, 0) is 17.9 Å². The Kier molecular flexibility index (Phi) is 8.83. The topological polar surface area (TPSA) is 42.0 Å². The van der Waals surface area contributed by atoms with E-state index in [-0.39, 0.29) is 5.91 Å². The Morgan fingerprint density at radius 1 is 0.912 bits per heavy atom. The van der Waals surface area contributed by atoms with E-state index >= 15 is 0 Å². The summed E-state index contributed by atoms with van der Waals surface area (Å²) in [7, 11) is 0. The molecule has 0 aromatic heterocycles. The van der Waals surface area contributed by atoms with Crippen LogP contribution in [0.5, 0.6) is 5.75 Å². The molecule has 4 rings (SSSR count). The van der Waals surface area contributed by atoms with Crippen LogP contribution in [0.25, 0.3) is 0 Å². The van der Waals surface area contributed by atoms with E-state index in [1.54, 1.807) is 18.2 Å². The van der Waals surface area contributed by atoms with Crippen molar-refractivity contribution in [2.24, 2.45) is 0 Å². The highest BCUT2D eigenvalue weighted by Gasteiger charge is 2.19. The Hall–Kier alpha value is -2.57. The van der Waals surface area contributed by atoms with Gasteiger partial charge in [-0.3, -0.25) is 9.69 Å². The number of nitrogens with zero attached hydrogens (tertiary/aromatic N) is 2. The lowest BCUT2D eigenvalue weighted by molar-refractivity contribution is 0.0320. The van der Waals surface area contributed by atoms with E-state index < -0.39 is 0 Å². The molecule has 1 amide bonds. The maximum Gasteiger partial charge on any atom is 0.254 e. The Bertz CT molecular complexity index is 1070. The number of morpholine rings is 1. The van der Waals surface area contributed by atoms with Crippen molar-refractivity contribution in [2.45, 2.75) is 13.2 Å². The van der Waals surface area contributed by atoms with Crippen molar-refractivity contribution in [2.75, 3.05) is 39.4 Å². The van der Waals surface area contributed by atoms with Crippen molar-refractivity contribution in [3.63, 3.8) is 0 Å². The normalized spacial score (nSPS) is 14.1. The number of carbonyl (C=O) groups excluding carboxylic acids is 1. The standard InChI is InChI=1S/C27H28Cl2N2O3/c28-25-11-8-23(18-26(25)29)27(32)31(13-12-30-14-16-33-17-15-30)19-21-6-9-24(10-7-21)34-20-22-4-2-1-3-5-22/h1-11,18H,12-17,19-20H2. The highest BCUT2D eigenvalue weighted by Crippen LogP contribution is 2.24. The molecular weight excluding hydrogens is 471 g/mol. The van der Waals surface area contributed by atoms with Crippen LogP contribution in [0.4, 0.5) is 0 Å². The summed E-state index contributed by atoms with van der Waals surface area (Å²) in [5.41, 5.74) is 2.68. The first-order valence-corrected chi connectivity index (χ1v) is 12.1. The van der Waals surface area contributed by atoms with Gasteiger partial charge in [0.15, 0.2) is 0 Å². The highest BCUT2D eigenvalue weighted by molar-refractivity contribution is 6.42. The summed E-state index contributed by atoms with van der Waals surface area (Å²) >= 11 is 12.2. The molecule has 0 radical (unpaired) electrons. The number of carbonyl (C=O) groups is 1. The third-order valence-corrected chi connectivity index (χ3v) is 6.53. The molecule has 0 N–H and O–H groups in total. The molecule has 0 saturated carbocycles. The minimum atomic E-state index is -0.0729. The van der Waals surface area contributed by atoms with E-state index in [4.69, 9.17) is 32.7 Å². The Morgan fingerprint density at radius 2 is 1.65 bits per heavy atom. The molecular formula is C27H28Cl2N2O3. The number of benzene rings is 3. The molecule has 3 aromatic rings. The average Bonchev–Trinajstić information content (AvgIpc) is 2.88. The average molecular weight is 499 g/mol. The Labute approximate surface area is 210 Å². The zero-order valence-electron chi connectivity index (χ0n) is 19.0. The first kappa shape index (κ1) is 24.6. The maximum atomic E-state index is 13.4. The summed E-state index contributed by atoms with van der Waals surface area (Å²) in [6, 6.07) is 23.0. The molecule has 0 bridgehead atoms. The highest BCUT2D eigenvalue weighted by atomic mass is 35.5. The first-order valence-electron chi connectivity index (χ1n) is 11.4. The van der Waals surface area contributed by atoms with Crippen molar-refractivity contribution in [3.8, 4) is 5.75 Å². The second kappa shape index (κ2) is 12.2. The van der Waals surface area contributed by atoms with Crippen molar-refractivity contribution in [1.29, 1.82) is 0 Å². The smallest absolute Gasteiger partial charge is 0.254 e. The third-order valence-electron chi connectivity index (χ3n) is 5.79. The van der Waals surface area contributed by atoms with Crippen molar-refractivity contribution >= 4 is 29.1 Å². The predicted molar refractivity (Wildman–Crippen MR) is 136 cm³/mol. The van der Waals surface area contributed by atoms with E-state index in [2.05, 4.69) is 4.90 Å². The summed E-state index contributed by atoms with van der Waals surface area (Å²) < 4.78 is 11.3. The lowest BCUT2D eigenvalue weighted by Gasteiger charge is -2.30. The number of halogens is 2. The Balaban J connectivity index is 1.43. The number of amides is 1. The fourth-order valence-electron chi connectivity index (χ4n) is 3.80. The maximum absolute atomic E-state index is 13.4. The summed E-state index contributed by atoms with van der Waals surface area (Å²) in [6.07, 6.45) is 0. The lowest BCUT2D eigenvalue weighted by atomic mass is 10.1. The van der Waals surface area contributed by atoms with Gasteiger partial charge < -0.3 is 14.4 Å². The monoisotopic (exact) mass is 498 g/mol. The van der Waals surface area contributed by atoms with Gasteiger partial charge in [-0.1, -0.05) is 65.7 Å². The van der Waals surface area contributed by atoms with E-state index in [9.17, 15) is 4.79 Å². The van der Waals surface area contributed by atoms with Gasteiger partial charge in [0.05, 0.1) is 23.3 Å². The number of ether oxygens (including phenoxy) is 2. The van der Waals surface area contributed by atoms with Crippen LogP contribution in [0.3, 0.4) is 0 Å². The molecule has 34 heavy (non-hydrogen) atoms. The second-order valence-electron chi connectivity index (χ2n) is 8.23. The van der Waals surface area contributed by atoms with E-state index in [1.165, 1.54) is 0 Å². The molecule has 1 aliphatic rings. The van der Waals surface area contributed by atoms with Crippen LogP contribution in [0, 0.1) is 0 Å². The molecule has 0 unspecified atom stereocenters. The molecule has 1 saturated heterocycles. The molecule has 1 fully saturated rings. The number of hydrogen-bond donors (Lipinski definition) is 0. The van der Waals surface area contributed by atoms with Crippen LogP contribution in [0.2, 0.25) is 10.0 Å². The minimum absolute atomic E-state index is 0.0729. The van der Waals surface area contributed by atoms with Crippen LogP contribution in [-0.4, -0.2) is 55.1 Å². The SMILES string of the molecule is O=C(c1ccc(Cl)c(Cl)c1)N(CCN1CCOCC1)Cc1ccc(OCc2ccccc2)cc1. The van der Waals surface area contributed by atoms with Gasteiger partial charge in [-0.15, -0.1) is 0 Å². The fourth-order valence-corrected chi connectivity index (χ4v) is 4.10. The predicted octanol–water partition coefficient (Wildman–Crippen LogP) is 5.55. The molecule has 0 spiro atoms. The first-order chi connectivity index (χ1) is 16.6. The van der Waals surface area contributed by atoms with Gasteiger partial charge in [-0.2, -0.15) is 0 Å². The van der Waals surface area contributed by atoms with Gasteiger partial charge in [0.1, 0.15) is 12.4 Å². The summed E-state index contributed by atoms with van der Waals surface area (Å²) in [5, 5.41) is 0.810. The summed E-state index contributed by atoms with van der Waals surface area (Å²) in [4.78, 5) is 17.5. The van der Waals surface area contributed by atoms with E-state index in [0.717, 1.165) is 49.7 Å². The fraction of sp³-hybridized carbons (Fsp3) is 0.296. The molecule has 0 aliphatic carbocycles. The van der Waals surface area contributed by atoms with Gasteiger partial charge in [0.2, 0.25) is 0 Å². The lowest BCUT2D eigenvalue weighted by Crippen LogP contribution is -2.42. The zero-order chi connectivity index (χ0) is 23.8. The van der Waals surface area contributed by atoms with Crippen molar-refractivity contribution in [3.05, 3.63) is 99.5 Å². The third kappa shape index (κ3) is 6.97. The second-order valence-corrected chi connectivity index (χ2v) is 9.04. The molecule has 1 heterocycles. The number of rotatable bonds is 9. The zero-order valence-corrected chi connectivity index (χ0v) is 20.5. The van der Waals surface area contributed by atoms with E-state index in [1.807, 2.05) is 59.5 Å². The molecule has 7 heteroatoms.